The smallest absolute Gasteiger partial charge is 0.171 e. The lowest BCUT2D eigenvalue weighted by Gasteiger charge is -2.20. The largest absolute Gasteiger partial charge is 0.389 e. The average molecular weight is 169 g/mol. The van der Waals surface area contributed by atoms with Crippen LogP contribution in [0, 0.1) is 11.8 Å². The van der Waals surface area contributed by atoms with E-state index in [1.54, 1.807) is 20.8 Å². The molecular formula is C8H15F3. The van der Waals surface area contributed by atoms with Gasteiger partial charge in [-0.1, -0.05) is 27.2 Å². The Hall–Kier alpha value is -0.210. The maximum atomic E-state index is 12.0. The van der Waals surface area contributed by atoms with Gasteiger partial charge in [0.1, 0.15) is 0 Å². The molecule has 0 spiro atoms. The van der Waals surface area contributed by atoms with Crippen LogP contribution in [0.2, 0.25) is 0 Å². The maximum absolute atomic E-state index is 12.0. The van der Waals surface area contributed by atoms with Crippen LogP contribution < -0.4 is 0 Å². The summed E-state index contributed by atoms with van der Waals surface area (Å²) in [5.41, 5.74) is 0. The Bertz CT molecular complexity index is 142. The van der Waals surface area contributed by atoms with Crippen molar-refractivity contribution in [2.75, 3.05) is 0 Å². The molecule has 0 bridgehead atoms. The van der Waals surface area contributed by atoms with E-state index in [0.29, 0.717) is 0 Å². The van der Waals surface area contributed by atoms with Gasteiger partial charge in [0.05, 0.1) is 0 Å². The van der Waals surface area contributed by atoms with Crippen LogP contribution >= 0.6 is 0 Å². The molecule has 0 aromatic rings. The van der Waals surface area contributed by atoms with Gasteiger partial charge >= 0.3 is 6.18 Å². The summed E-state index contributed by atoms with van der Waals surface area (Å²) in [6.07, 6.45) is -4.99. The molecule has 0 aliphatic carbocycles. The first kappa shape index (κ1) is 8.88. The van der Waals surface area contributed by atoms with Crippen molar-refractivity contribution in [2.45, 2.75) is 39.8 Å². The minimum Gasteiger partial charge on any atom is -0.171 e. The summed E-state index contributed by atoms with van der Waals surface area (Å²) >= 11 is 0. The molecule has 0 saturated heterocycles. The Morgan fingerprint density at radius 2 is 1.82 bits per heavy atom. The van der Waals surface area contributed by atoms with Crippen molar-refractivity contribution < 1.29 is 14.5 Å². The molecule has 0 heterocycles. The molecule has 11 heavy (non-hydrogen) atoms. The highest BCUT2D eigenvalue weighted by Crippen LogP contribution is 2.30. The highest BCUT2D eigenvalue weighted by atomic mass is 19.4. The minimum atomic E-state index is -4.22. The molecule has 0 radical (unpaired) electrons. The number of alkyl halides is 3. The Labute approximate surface area is 67.2 Å². The van der Waals surface area contributed by atoms with Crippen LogP contribution in [0.3, 0.4) is 0 Å². The minimum absolute atomic E-state index is 0.240. The molecule has 0 nitrogen and oxygen atoms in total. The van der Waals surface area contributed by atoms with Crippen molar-refractivity contribution in [1.29, 1.82) is 0 Å². The van der Waals surface area contributed by atoms with Crippen LogP contribution in [-0.2, 0) is 0 Å². The first-order valence-corrected chi connectivity index (χ1v) is 3.78. The quantitative estimate of drug-likeness (QED) is 0.605. The van der Waals surface area contributed by atoms with Gasteiger partial charge in [-0.15, -0.1) is 0 Å². The second kappa shape index (κ2) is 3.98. The van der Waals surface area contributed by atoms with Gasteiger partial charge in [0.2, 0.25) is 0 Å². The van der Waals surface area contributed by atoms with Crippen molar-refractivity contribution in [3.8, 4) is 0 Å². The molecule has 3 heteroatoms. The number of rotatable bonds is 3. The molecule has 0 rings (SSSR count). The van der Waals surface area contributed by atoms with Crippen molar-refractivity contribution in [3.05, 3.63) is 0 Å². The SMILES string of the molecule is [2H]C(CC)(CC(F)(F)F)C(C)C. The summed E-state index contributed by atoms with van der Waals surface area (Å²) in [5, 5.41) is 0. The summed E-state index contributed by atoms with van der Waals surface area (Å²) in [6.45, 7) is 4.93. The molecule has 0 aliphatic heterocycles. The topological polar surface area (TPSA) is 0 Å². The predicted octanol–water partition coefficient (Wildman–Crippen LogP) is 3.62. The normalized spacial score (nSPS) is 19.7. The third-order valence-corrected chi connectivity index (χ3v) is 1.70. The van der Waals surface area contributed by atoms with E-state index in [4.69, 9.17) is 1.37 Å². The van der Waals surface area contributed by atoms with Crippen LogP contribution in [0.5, 0.6) is 0 Å². The number of halogens is 3. The lowest BCUT2D eigenvalue weighted by Crippen LogP contribution is -2.18. The lowest BCUT2D eigenvalue weighted by molar-refractivity contribution is -0.147. The van der Waals surface area contributed by atoms with E-state index in [0.717, 1.165) is 0 Å². The van der Waals surface area contributed by atoms with Gasteiger partial charge in [0.15, 0.2) is 0 Å². The van der Waals surface area contributed by atoms with Gasteiger partial charge in [-0.05, 0) is 11.8 Å². The zero-order valence-electron chi connectivity index (χ0n) is 8.13. The Kier molecular flexibility index (Phi) is 3.21. The zero-order valence-corrected chi connectivity index (χ0v) is 7.13. The van der Waals surface area contributed by atoms with Gasteiger partial charge < -0.3 is 0 Å². The van der Waals surface area contributed by atoms with Gasteiger partial charge in [0, 0.05) is 7.79 Å². The van der Waals surface area contributed by atoms with E-state index in [2.05, 4.69) is 0 Å². The van der Waals surface area contributed by atoms with Crippen LogP contribution in [0.1, 0.15) is 35.0 Å². The molecule has 1 atom stereocenters. The van der Waals surface area contributed by atoms with Gasteiger partial charge in [0.25, 0.3) is 0 Å². The van der Waals surface area contributed by atoms with Crippen LogP contribution in [0.15, 0.2) is 0 Å². The second-order valence-electron chi connectivity index (χ2n) is 2.96. The van der Waals surface area contributed by atoms with E-state index in [9.17, 15) is 13.2 Å². The highest BCUT2D eigenvalue weighted by Gasteiger charge is 2.32. The van der Waals surface area contributed by atoms with Gasteiger partial charge in [-0.3, -0.25) is 0 Å². The summed E-state index contributed by atoms with van der Waals surface area (Å²) in [7, 11) is 0. The fraction of sp³-hybridized carbons (Fsp3) is 1.00. The van der Waals surface area contributed by atoms with Gasteiger partial charge in [-0.25, -0.2) is 0 Å². The summed E-state index contributed by atoms with van der Waals surface area (Å²) < 4.78 is 43.5. The molecular weight excluding hydrogens is 153 g/mol. The second-order valence-corrected chi connectivity index (χ2v) is 2.96. The summed E-state index contributed by atoms with van der Waals surface area (Å²) in [5.74, 6) is -1.61. The van der Waals surface area contributed by atoms with Crippen molar-refractivity contribution in [1.82, 2.24) is 0 Å². The average Bonchev–Trinajstić information content (AvgIpc) is 1.83. The molecule has 0 fully saturated rings. The Morgan fingerprint density at radius 1 is 1.36 bits per heavy atom. The van der Waals surface area contributed by atoms with Crippen molar-refractivity contribution in [2.24, 2.45) is 11.8 Å². The molecule has 0 N–H and O–H groups in total. The van der Waals surface area contributed by atoms with Crippen LogP contribution in [0.4, 0.5) is 13.2 Å². The van der Waals surface area contributed by atoms with Crippen molar-refractivity contribution in [3.63, 3.8) is 0 Å². The van der Waals surface area contributed by atoms with E-state index >= 15 is 0 Å². The van der Waals surface area contributed by atoms with Crippen LogP contribution in [-0.4, -0.2) is 6.18 Å². The standard InChI is InChI=1S/C8H15F3/c1-4-7(6(2)3)5-8(9,10)11/h6-7H,4-5H2,1-3H3/i7D. The Balaban J connectivity index is 4.35. The summed E-state index contributed by atoms with van der Waals surface area (Å²) in [6, 6.07) is 0. The predicted molar refractivity (Wildman–Crippen MR) is 39.3 cm³/mol. The van der Waals surface area contributed by atoms with E-state index in [1.165, 1.54) is 0 Å². The molecule has 0 saturated carbocycles. The number of hydrogen-bond acceptors (Lipinski definition) is 0. The maximum Gasteiger partial charge on any atom is 0.389 e. The first-order chi connectivity index (χ1) is 5.21. The fourth-order valence-electron chi connectivity index (χ4n) is 0.995. The third kappa shape index (κ3) is 5.10. The summed E-state index contributed by atoms with van der Waals surface area (Å²) in [4.78, 5) is 0. The highest BCUT2D eigenvalue weighted by molar-refractivity contribution is 4.65. The molecule has 0 aromatic heterocycles. The molecule has 0 aromatic carbocycles. The molecule has 68 valence electrons. The zero-order chi connectivity index (χ0) is 9.99. The van der Waals surface area contributed by atoms with E-state index in [-0.39, 0.29) is 12.3 Å². The van der Waals surface area contributed by atoms with Crippen molar-refractivity contribution >= 4 is 0 Å². The molecule has 0 amide bonds. The third-order valence-electron chi connectivity index (χ3n) is 1.70. The fourth-order valence-corrected chi connectivity index (χ4v) is 0.995. The first-order valence-electron chi connectivity index (χ1n) is 4.28. The Morgan fingerprint density at radius 3 is 1.91 bits per heavy atom. The number of hydrogen-bond donors (Lipinski definition) is 0. The lowest BCUT2D eigenvalue weighted by atomic mass is 9.90. The van der Waals surface area contributed by atoms with E-state index in [1.807, 2.05) is 0 Å². The molecule has 1 unspecified atom stereocenters. The monoisotopic (exact) mass is 169 g/mol. The van der Waals surface area contributed by atoms with Crippen LogP contribution in [0.25, 0.3) is 0 Å². The van der Waals surface area contributed by atoms with Gasteiger partial charge in [-0.2, -0.15) is 13.2 Å². The molecule has 0 aliphatic rings. The van der Waals surface area contributed by atoms with E-state index < -0.39 is 18.5 Å².